The van der Waals surface area contributed by atoms with E-state index in [1.54, 1.807) is 7.11 Å². The Balaban J connectivity index is 2.37. The van der Waals surface area contributed by atoms with Gasteiger partial charge in [0.15, 0.2) is 0 Å². The van der Waals surface area contributed by atoms with Crippen LogP contribution in [0.4, 0.5) is 0 Å². The second-order valence-electron chi connectivity index (χ2n) is 3.78. The van der Waals surface area contributed by atoms with Gasteiger partial charge in [-0.15, -0.1) is 0 Å². The molecule has 2 unspecified atom stereocenters. The predicted molar refractivity (Wildman–Crippen MR) is 61.2 cm³/mol. The van der Waals surface area contributed by atoms with Crippen LogP contribution in [0.15, 0.2) is 0 Å². The Morgan fingerprint density at radius 3 is 2.93 bits per heavy atom. The van der Waals surface area contributed by atoms with Crippen LogP contribution in [0.25, 0.3) is 0 Å². The standard InChI is InChI=1S/C10H18BrNO3/c1-3-8(11)9(13)12-6-10(14-2)4-5-15-7-10/h8H,3-7H2,1-2H3,(H,12,13). The van der Waals surface area contributed by atoms with Crippen molar-refractivity contribution in [3.05, 3.63) is 0 Å². The lowest BCUT2D eigenvalue weighted by Gasteiger charge is -2.26. The number of hydrogen-bond acceptors (Lipinski definition) is 3. The van der Waals surface area contributed by atoms with Crippen molar-refractivity contribution in [2.45, 2.75) is 30.2 Å². The van der Waals surface area contributed by atoms with E-state index in [4.69, 9.17) is 9.47 Å². The van der Waals surface area contributed by atoms with Gasteiger partial charge < -0.3 is 14.8 Å². The second-order valence-corrected chi connectivity index (χ2v) is 4.89. The van der Waals surface area contributed by atoms with Crippen LogP contribution in [-0.4, -0.2) is 43.2 Å². The molecule has 0 aromatic carbocycles. The van der Waals surface area contributed by atoms with Gasteiger partial charge in [0.05, 0.1) is 11.4 Å². The topological polar surface area (TPSA) is 47.6 Å². The van der Waals surface area contributed by atoms with Crippen LogP contribution in [0, 0.1) is 0 Å². The number of methoxy groups -OCH3 is 1. The number of nitrogens with one attached hydrogen (secondary N) is 1. The molecular weight excluding hydrogens is 262 g/mol. The van der Waals surface area contributed by atoms with Crippen LogP contribution >= 0.6 is 15.9 Å². The van der Waals surface area contributed by atoms with Gasteiger partial charge in [0, 0.05) is 26.7 Å². The molecule has 88 valence electrons. The molecule has 0 aromatic rings. The monoisotopic (exact) mass is 279 g/mol. The molecule has 1 rings (SSSR count). The summed E-state index contributed by atoms with van der Waals surface area (Å²) < 4.78 is 10.7. The molecule has 2 atom stereocenters. The summed E-state index contributed by atoms with van der Waals surface area (Å²) in [5.41, 5.74) is -0.323. The number of amides is 1. The van der Waals surface area contributed by atoms with Gasteiger partial charge in [0.1, 0.15) is 5.60 Å². The molecule has 0 radical (unpaired) electrons. The van der Waals surface area contributed by atoms with Gasteiger partial charge in [-0.25, -0.2) is 0 Å². The fourth-order valence-electron chi connectivity index (χ4n) is 1.51. The summed E-state index contributed by atoms with van der Waals surface area (Å²) in [6.45, 7) is 3.74. The van der Waals surface area contributed by atoms with Crippen molar-refractivity contribution in [3.8, 4) is 0 Å². The van der Waals surface area contributed by atoms with Crippen LogP contribution in [0.5, 0.6) is 0 Å². The van der Waals surface area contributed by atoms with E-state index in [-0.39, 0.29) is 16.3 Å². The molecule has 15 heavy (non-hydrogen) atoms. The molecule has 0 saturated carbocycles. The van der Waals surface area contributed by atoms with Crippen molar-refractivity contribution in [2.75, 3.05) is 26.9 Å². The van der Waals surface area contributed by atoms with Gasteiger partial charge in [-0.3, -0.25) is 4.79 Å². The number of carbonyl (C=O) groups excluding carboxylic acids is 1. The SMILES string of the molecule is CCC(Br)C(=O)NCC1(OC)CCOC1. The van der Waals surface area contributed by atoms with Crippen molar-refractivity contribution < 1.29 is 14.3 Å². The summed E-state index contributed by atoms with van der Waals surface area (Å²) in [6, 6.07) is 0. The van der Waals surface area contributed by atoms with Crippen LogP contribution in [-0.2, 0) is 14.3 Å². The average Bonchev–Trinajstić information content (AvgIpc) is 2.74. The molecule has 1 aliphatic heterocycles. The van der Waals surface area contributed by atoms with Crippen LogP contribution in [0.3, 0.4) is 0 Å². The smallest absolute Gasteiger partial charge is 0.233 e. The van der Waals surface area contributed by atoms with Gasteiger partial charge >= 0.3 is 0 Å². The van der Waals surface area contributed by atoms with E-state index in [2.05, 4.69) is 21.2 Å². The zero-order chi connectivity index (χ0) is 11.3. The van der Waals surface area contributed by atoms with Crippen LogP contribution in [0.2, 0.25) is 0 Å². The minimum absolute atomic E-state index is 0.0147. The number of rotatable bonds is 5. The number of carbonyl (C=O) groups is 1. The first-order valence-corrected chi connectivity index (χ1v) is 6.10. The normalized spacial score (nSPS) is 27.7. The van der Waals surface area contributed by atoms with Crippen molar-refractivity contribution in [1.29, 1.82) is 0 Å². The molecule has 0 bridgehead atoms. The van der Waals surface area contributed by atoms with E-state index in [1.807, 2.05) is 6.92 Å². The lowest BCUT2D eigenvalue weighted by molar-refractivity contribution is -0.122. The Bertz CT molecular complexity index is 217. The van der Waals surface area contributed by atoms with Crippen molar-refractivity contribution in [2.24, 2.45) is 0 Å². The molecule has 0 aliphatic carbocycles. The van der Waals surface area contributed by atoms with E-state index in [0.29, 0.717) is 19.8 Å². The molecule has 5 heteroatoms. The highest BCUT2D eigenvalue weighted by Crippen LogP contribution is 2.21. The van der Waals surface area contributed by atoms with Crippen molar-refractivity contribution in [3.63, 3.8) is 0 Å². The molecule has 1 saturated heterocycles. The Hall–Kier alpha value is -0.130. The molecule has 1 N–H and O–H groups in total. The highest BCUT2D eigenvalue weighted by atomic mass is 79.9. The van der Waals surface area contributed by atoms with E-state index in [0.717, 1.165) is 12.8 Å². The van der Waals surface area contributed by atoms with Gasteiger partial charge in [-0.1, -0.05) is 22.9 Å². The molecular formula is C10H18BrNO3. The largest absolute Gasteiger partial charge is 0.378 e. The summed E-state index contributed by atoms with van der Waals surface area (Å²) in [6.07, 6.45) is 1.62. The van der Waals surface area contributed by atoms with Gasteiger partial charge in [0.2, 0.25) is 5.91 Å². The number of hydrogen-bond donors (Lipinski definition) is 1. The fourth-order valence-corrected chi connectivity index (χ4v) is 1.67. The summed E-state index contributed by atoms with van der Waals surface area (Å²) >= 11 is 3.31. The summed E-state index contributed by atoms with van der Waals surface area (Å²) in [7, 11) is 1.66. The first-order chi connectivity index (χ1) is 7.13. The molecule has 1 amide bonds. The molecule has 0 spiro atoms. The molecule has 4 nitrogen and oxygen atoms in total. The quantitative estimate of drug-likeness (QED) is 0.767. The highest BCUT2D eigenvalue weighted by Gasteiger charge is 2.35. The fraction of sp³-hybridized carbons (Fsp3) is 0.900. The minimum atomic E-state index is -0.323. The second kappa shape index (κ2) is 5.82. The third kappa shape index (κ3) is 3.43. The van der Waals surface area contributed by atoms with E-state index < -0.39 is 0 Å². The maximum atomic E-state index is 11.5. The number of halogens is 1. The third-order valence-corrected chi connectivity index (χ3v) is 3.79. The van der Waals surface area contributed by atoms with E-state index >= 15 is 0 Å². The lowest BCUT2D eigenvalue weighted by Crippen LogP contribution is -2.46. The summed E-state index contributed by atoms with van der Waals surface area (Å²) in [5, 5.41) is 2.88. The number of ether oxygens (including phenoxy) is 2. The number of alkyl halides is 1. The average molecular weight is 280 g/mol. The Morgan fingerprint density at radius 1 is 1.73 bits per heavy atom. The molecule has 1 aliphatic rings. The van der Waals surface area contributed by atoms with E-state index in [9.17, 15) is 4.79 Å². The maximum Gasteiger partial charge on any atom is 0.233 e. The van der Waals surface area contributed by atoms with Crippen molar-refractivity contribution in [1.82, 2.24) is 5.32 Å². The van der Waals surface area contributed by atoms with Gasteiger partial charge in [0.25, 0.3) is 0 Å². The first-order valence-electron chi connectivity index (χ1n) is 5.18. The van der Waals surface area contributed by atoms with Crippen LogP contribution < -0.4 is 5.32 Å². The first kappa shape index (κ1) is 12.9. The van der Waals surface area contributed by atoms with Crippen molar-refractivity contribution >= 4 is 21.8 Å². The molecule has 0 aromatic heterocycles. The lowest BCUT2D eigenvalue weighted by atomic mass is 10.0. The predicted octanol–water partition coefficient (Wildman–Crippen LogP) is 1.08. The molecule has 1 heterocycles. The Kier molecular flexibility index (Phi) is 5.02. The summed E-state index contributed by atoms with van der Waals surface area (Å²) in [5.74, 6) is 0.0147. The minimum Gasteiger partial charge on any atom is -0.378 e. The van der Waals surface area contributed by atoms with Crippen LogP contribution in [0.1, 0.15) is 19.8 Å². The van der Waals surface area contributed by atoms with Gasteiger partial charge in [-0.05, 0) is 6.42 Å². The Morgan fingerprint density at radius 2 is 2.47 bits per heavy atom. The van der Waals surface area contributed by atoms with E-state index in [1.165, 1.54) is 0 Å². The third-order valence-electron chi connectivity index (χ3n) is 2.73. The van der Waals surface area contributed by atoms with Gasteiger partial charge in [-0.2, -0.15) is 0 Å². The zero-order valence-electron chi connectivity index (χ0n) is 9.22. The highest BCUT2D eigenvalue weighted by molar-refractivity contribution is 9.10. The molecule has 1 fully saturated rings. The zero-order valence-corrected chi connectivity index (χ0v) is 10.8. The Labute approximate surface area is 98.8 Å². The summed E-state index contributed by atoms with van der Waals surface area (Å²) in [4.78, 5) is 11.4. The maximum absolute atomic E-state index is 11.5.